The van der Waals surface area contributed by atoms with E-state index in [9.17, 15) is 8.42 Å². The van der Waals surface area contributed by atoms with Gasteiger partial charge in [0, 0.05) is 48.1 Å². The highest BCUT2D eigenvalue weighted by molar-refractivity contribution is 7.90. The number of rotatable bonds is 4. The summed E-state index contributed by atoms with van der Waals surface area (Å²) in [6.07, 6.45) is 11.7. The number of anilines is 3. The molecule has 8 bridgehead atoms. The molecule has 1 N–H and O–H groups in total. The lowest BCUT2D eigenvalue weighted by Gasteiger charge is -2.32. The highest BCUT2D eigenvalue weighted by Crippen LogP contribution is 2.45. The number of aromatic nitrogens is 3. The number of hydrogen-bond acceptors (Lipinski definition) is 9. The van der Waals surface area contributed by atoms with Crippen molar-refractivity contribution in [3.8, 4) is 22.8 Å². The van der Waals surface area contributed by atoms with Gasteiger partial charge in [-0.15, -0.1) is 0 Å². The van der Waals surface area contributed by atoms with E-state index in [0.717, 1.165) is 68.7 Å². The van der Waals surface area contributed by atoms with Gasteiger partial charge in [0.05, 0.1) is 60.3 Å². The van der Waals surface area contributed by atoms with Crippen LogP contribution in [0.15, 0.2) is 42.7 Å². The Morgan fingerprint density at radius 3 is 2.49 bits per heavy atom. The third kappa shape index (κ3) is 6.75. The molecule has 1 saturated carbocycles. The van der Waals surface area contributed by atoms with Crippen molar-refractivity contribution >= 4 is 49.9 Å². The van der Waals surface area contributed by atoms with E-state index < -0.39 is 10.0 Å². The molecule has 2 fully saturated rings. The summed E-state index contributed by atoms with van der Waals surface area (Å²) in [6.45, 7) is 5.82. The minimum atomic E-state index is -3.63. The van der Waals surface area contributed by atoms with Gasteiger partial charge in [-0.3, -0.25) is 0 Å². The molecule has 0 unspecified atom stereocenters. The van der Waals surface area contributed by atoms with Crippen molar-refractivity contribution in [2.75, 3.05) is 55.5 Å². The molecule has 1 aliphatic carbocycles. The van der Waals surface area contributed by atoms with Crippen LogP contribution in [0.5, 0.6) is 11.5 Å². The first kappa shape index (κ1) is 32.0. The van der Waals surface area contributed by atoms with Crippen LogP contribution in [0.1, 0.15) is 69.8 Å². The standard InChI is InChI=1S/C35H42ClN5O5S/c1-2-47(42,43)41-23-28-26-12-11-25(19-31(26)41)45-15-7-3-4-8-16-46-33-21-30(38-35-37-22-29(36)34(28)39-35)27(24-9-5-6-10-24)20-32(33)40-13-17-44-18-14-40/h11-12,19-24H,2-10,13-18H2,1H3,(H,37,38,39). The number of hydrogen-bond donors (Lipinski definition) is 1. The molecule has 2 aromatic heterocycles. The third-order valence-electron chi connectivity index (χ3n) is 9.50. The van der Waals surface area contributed by atoms with Crippen LogP contribution in [0.2, 0.25) is 5.02 Å². The molecule has 1 saturated heterocycles. The smallest absolute Gasteiger partial charge is 0.238 e. The maximum absolute atomic E-state index is 13.3. The largest absolute Gasteiger partial charge is 0.494 e. The molecule has 250 valence electrons. The minimum Gasteiger partial charge on any atom is -0.494 e. The van der Waals surface area contributed by atoms with E-state index in [-0.39, 0.29) is 5.75 Å². The lowest BCUT2D eigenvalue weighted by Crippen LogP contribution is -2.36. The van der Waals surface area contributed by atoms with E-state index >= 15 is 0 Å². The van der Waals surface area contributed by atoms with Crippen LogP contribution in [0.4, 0.5) is 17.3 Å². The molecule has 0 atom stereocenters. The van der Waals surface area contributed by atoms with Crippen LogP contribution < -0.4 is 19.7 Å². The zero-order valence-corrected chi connectivity index (χ0v) is 28.4. The van der Waals surface area contributed by atoms with E-state index in [0.29, 0.717) is 71.2 Å². The van der Waals surface area contributed by atoms with Crippen LogP contribution in [-0.4, -0.2) is 67.6 Å². The predicted octanol–water partition coefficient (Wildman–Crippen LogP) is 7.52. The van der Waals surface area contributed by atoms with Crippen molar-refractivity contribution in [3.63, 3.8) is 0 Å². The topological polar surface area (TPSA) is 108 Å². The van der Waals surface area contributed by atoms with Crippen molar-refractivity contribution in [2.24, 2.45) is 0 Å². The van der Waals surface area contributed by atoms with Gasteiger partial charge in [0.1, 0.15) is 11.5 Å². The molecule has 12 heteroatoms. The van der Waals surface area contributed by atoms with Gasteiger partial charge in [-0.2, -0.15) is 0 Å². The fourth-order valence-corrected chi connectivity index (χ4v) is 8.11. The summed E-state index contributed by atoms with van der Waals surface area (Å²) in [5, 5.41) is 4.58. The van der Waals surface area contributed by atoms with Crippen LogP contribution >= 0.6 is 11.6 Å². The Morgan fingerprint density at radius 1 is 0.957 bits per heavy atom. The van der Waals surface area contributed by atoms with Crippen molar-refractivity contribution < 1.29 is 22.6 Å². The lowest BCUT2D eigenvalue weighted by atomic mass is 9.94. The minimum absolute atomic E-state index is 0.0551. The molecule has 0 spiro atoms. The number of morpholine rings is 1. The van der Waals surface area contributed by atoms with Gasteiger partial charge in [-0.1, -0.05) is 24.4 Å². The second-order valence-corrected chi connectivity index (χ2v) is 15.1. The second kappa shape index (κ2) is 13.9. The van der Waals surface area contributed by atoms with Gasteiger partial charge in [0.25, 0.3) is 0 Å². The summed E-state index contributed by atoms with van der Waals surface area (Å²) in [7, 11) is -3.63. The molecule has 8 rings (SSSR count). The summed E-state index contributed by atoms with van der Waals surface area (Å²) in [4.78, 5) is 11.9. The van der Waals surface area contributed by atoms with Crippen molar-refractivity contribution in [1.82, 2.24) is 13.9 Å². The maximum Gasteiger partial charge on any atom is 0.238 e. The van der Waals surface area contributed by atoms with Crippen LogP contribution in [0.25, 0.3) is 22.2 Å². The van der Waals surface area contributed by atoms with E-state index in [1.807, 2.05) is 12.1 Å². The number of fused-ring (bicyclic) bond motifs is 8. The fourth-order valence-electron chi connectivity index (χ4n) is 6.93. The molecule has 3 aliphatic heterocycles. The van der Waals surface area contributed by atoms with E-state index in [2.05, 4.69) is 27.3 Å². The Kier molecular flexibility index (Phi) is 9.47. The molecule has 4 aromatic rings. The quantitative estimate of drug-likeness (QED) is 0.234. The summed E-state index contributed by atoms with van der Waals surface area (Å²) in [5.41, 5.74) is 4.85. The Hall–Kier alpha value is -3.54. The fraction of sp³-hybridized carbons (Fsp3) is 0.486. The second-order valence-electron chi connectivity index (χ2n) is 12.5. The molecule has 47 heavy (non-hydrogen) atoms. The van der Waals surface area contributed by atoms with Crippen molar-refractivity contribution in [1.29, 1.82) is 0 Å². The first-order chi connectivity index (χ1) is 22.9. The molecule has 4 aliphatic rings. The first-order valence-corrected chi connectivity index (χ1v) is 18.8. The Balaban J connectivity index is 1.36. The van der Waals surface area contributed by atoms with E-state index in [1.54, 1.807) is 25.4 Å². The molecule has 0 amide bonds. The number of ether oxygens (including phenoxy) is 3. The number of nitrogens with zero attached hydrogens (tertiary/aromatic N) is 4. The summed E-state index contributed by atoms with van der Waals surface area (Å²) < 4.78 is 46.1. The average molecular weight is 680 g/mol. The Morgan fingerprint density at radius 2 is 1.72 bits per heavy atom. The monoisotopic (exact) mass is 679 g/mol. The zero-order valence-electron chi connectivity index (χ0n) is 26.8. The van der Waals surface area contributed by atoms with Crippen molar-refractivity contribution in [2.45, 2.75) is 64.2 Å². The Labute approximate surface area is 281 Å². The van der Waals surface area contributed by atoms with E-state index in [4.69, 9.17) is 30.8 Å². The third-order valence-corrected chi connectivity index (χ3v) is 11.4. The molecular weight excluding hydrogens is 638 g/mol. The first-order valence-electron chi connectivity index (χ1n) is 16.9. The van der Waals surface area contributed by atoms with E-state index in [1.165, 1.54) is 22.4 Å². The van der Waals surface area contributed by atoms with Gasteiger partial charge < -0.3 is 24.4 Å². The van der Waals surface area contributed by atoms with Crippen LogP contribution in [0.3, 0.4) is 0 Å². The summed E-state index contributed by atoms with van der Waals surface area (Å²) in [6, 6.07) is 9.97. The van der Waals surface area contributed by atoms with Gasteiger partial charge in [-0.25, -0.2) is 22.4 Å². The summed E-state index contributed by atoms with van der Waals surface area (Å²) in [5.74, 6) is 2.20. The Bertz CT molecular complexity index is 1850. The van der Waals surface area contributed by atoms with Crippen LogP contribution in [0, 0.1) is 0 Å². The van der Waals surface area contributed by atoms with Gasteiger partial charge >= 0.3 is 0 Å². The lowest BCUT2D eigenvalue weighted by molar-refractivity contribution is 0.122. The molecule has 5 heterocycles. The van der Waals surface area contributed by atoms with Gasteiger partial charge in [0.2, 0.25) is 16.0 Å². The average Bonchev–Trinajstić information content (AvgIpc) is 3.76. The molecule has 0 radical (unpaired) electrons. The highest BCUT2D eigenvalue weighted by Gasteiger charge is 2.26. The van der Waals surface area contributed by atoms with Gasteiger partial charge in [0.15, 0.2) is 0 Å². The zero-order chi connectivity index (χ0) is 32.4. The predicted molar refractivity (Wildman–Crippen MR) is 186 cm³/mol. The van der Waals surface area contributed by atoms with Gasteiger partial charge in [-0.05, 0) is 75.1 Å². The number of nitrogens with one attached hydrogen (secondary N) is 1. The maximum atomic E-state index is 13.3. The van der Waals surface area contributed by atoms with Crippen molar-refractivity contribution in [3.05, 3.63) is 53.3 Å². The summed E-state index contributed by atoms with van der Waals surface area (Å²) >= 11 is 6.75. The number of benzene rings is 2. The normalized spacial score (nSPS) is 18.2. The molecule has 2 aromatic carbocycles. The number of halogens is 1. The highest BCUT2D eigenvalue weighted by atomic mass is 35.5. The molecule has 10 nitrogen and oxygen atoms in total. The SMILES string of the molecule is CCS(=O)(=O)n1cc2c3ccc(cc31)OCCCCCCOc1cc(c(C3CCCC3)cc1N1CCOCC1)Nc1ncc(Cl)c-2n1. The molecular formula is C35H42ClN5O5S. The van der Waals surface area contributed by atoms with Crippen LogP contribution in [-0.2, 0) is 14.8 Å².